The van der Waals surface area contributed by atoms with Gasteiger partial charge in [0.1, 0.15) is 31.2 Å². The fourth-order valence-electron chi connectivity index (χ4n) is 3.52. The van der Waals surface area contributed by atoms with Gasteiger partial charge in [0.2, 0.25) is 0 Å². The first-order chi connectivity index (χ1) is 14.4. The van der Waals surface area contributed by atoms with Crippen molar-refractivity contribution >= 4 is 23.1 Å². The fourth-order valence-corrected chi connectivity index (χ4v) is 3.52. The van der Waals surface area contributed by atoms with Gasteiger partial charge in [-0.2, -0.15) is 0 Å². The van der Waals surface area contributed by atoms with Crippen molar-refractivity contribution in [3.05, 3.63) is 12.7 Å². The van der Waals surface area contributed by atoms with E-state index in [0.717, 1.165) is 6.42 Å². The first-order valence-corrected chi connectivity index (χ1v) is 9.90. The normalized spacial score (nSPS) is 28.9. The van der Waals surface area contributed by atoms with Gasteiger partial charge in [0, 0.05) is 12.6 Å². The van der Waals surface area contributed by atoms with E-state index >= 15 is 0 Å². The van der Waals surface area contributed by atoms with E-state index in [-0.39, 0.29) is 18.7 Å². The van der Waals surface area contributed by atoms with Gasteiger partial charge >= 0.3 is 6.09 Å². The van der Waals surface area contributed by atoms with Crippen LogP contribution in [-0.4, -0.2) is 86.0 Å². The Kier molecular flexibility index (Phi) is 5.99. The molecule has 2 fully saturated rings. The Balaban J connectivity index is 1.48. The summed E-state index contributed by atoms with van der Waals surface area (Å²) in [5.41, 5.74) is 0.965. The third-order valence-corrected chi connectivity index (χ3v) is 5.03. The van der Waals surface area contributed by atoms with Gasteiger partial charge in [-0.3, -0.25) is 4.57 Å². The molecule has 2 aliphatic heterocycles. The molecule has 0 aromatic carbocycles. The molecule has 12 nitrogen and oxygen atoms in total. The molecule has 164 valence electrons. The zero-order valence-electron chi connectivity index (χ0n) is 16.8. The highest BCUT2D eigenvalue weighted by Crippen LogP contribution is 2.32. The number of alkyl carbamates (subject to hydrolysis) is 1. The van der Waals surface area contributed by atoms with Crippen LogP contribution in [-0.2, 0) is 14.2 Å². The molecule has 5 atom stereocenters. The molecule has 4 N–H and O–H groups in total. The van der Waals surface area contributed by atoms with E-state index < -0.39 is 30.6 Å². The number of hydrogen-bond donors (Lipinski definition) is 4. The summed E-state index contributed by atoms with van der Waals surface area (Å²) in [4.78, 5) is 24.6. The number of anilines is 1. The smallest absolute Gasteiger partial charge is 0.407 e. The first-order valence-electron chi connectivity index (χ1n) is 9.90. The van der Waals surface area contributed by atoms with E-state index in [1.807, 2.05) is 0 Å². The van der Waals surface area contributed by atoms with E-state index in [0.29, 0.717) is 30.2 Å². The Bertz CT molecular complexity index is 885. The molecular formula is C18H26N6O6. The lowest BCUT2D eigenvalue weighted by atomic mass is 10.1. The highest BCUT2D eigenvalue weighted by molar-refractivity contribution is 5.82. The van der Waals surface area contributed by atoms with Gasteiger partial charge in [-0.05, 0) is 20.3 Å². The summed E-state index contributed by atoms with van der Waals surface area (Å²) in [7, 11) is 0. The number of carbonyl (C=O) groups is 1. The molecule has 30 heavy (non-hydrogen) atoms. The highest BCUT2D eigenvalue weighted by Gasteiger charge is 2.45. The maximum Gasteiger partial charge on any atom is 0.407 e. The minimum absolute atomic E-state index is 0.0825. The van der Waals surface area contributed by atoms with E-state index in [2.05, 4.69) is 25.6 Å². The summed E-state index contributed by atoms with van der Waals surface area (Å²) in [6, 6.07) is 0.0581. The number of aliphatic hydroxyl groups excluding tert-OH is 2. The molecule has 2 aromatic heterocycles. The number of fused-ring (bicyclic) bond motifs is 1. The van der Waals surface area contributed by atoms with Crippen molar-refractivity contribution in [3.8, 4) is 0 Å². The summed E-state index contributed by atoms with van der Waals surface area (Å²) < 4.78 is 17.8. The Morgan fingerprint density at radius 2 is 2.17 bits per heavy atom. The van der Waals surface area contributed by atoms with Crippen molar-refractivity contribution in [2.24, 2.45) is 0 Å². The van der Waals surface area contributed by atoms with Gasteiger partial charge < -0.3 is 35.1 Å². The third-order valence-electron chi connectivity index (χ3n) is 5.03. The average Bonchev–Trinajstić information content (AvgIpc) is 3.42. The lowest BCUT2D eigenvalue weighted by Gasteiger charge is -2.17. The summed E-state index contributed by atoms with van der Waals surface area (Å²) >= 11 is 0. The van der Waals surface area contributed by atoms with E-state index in [1.165, 1.54) is 17.2 Å². The van der Waals surface area contributed by atoms with Gasteiger partial charge in [0.25, 0.3) is 0 Å². The number of ether oxygens (including phenoxy) is 3. The third kappa shape index (κ3) is 4.17. The summed E-state index contributed by atoms with van der Waals surface area (Å²) in [5, 5.41) is 26.8. The molecule has 1 amide bonds. The quantitative estimate of drug-likeness (QED) is 0.491. The lowest BCUT2D eigenvalue weighted by molar-refractivity contribution is -0.0534. The van der Waals surface area contributed by atoms with Crippen LogP contribution in [0.3, 0.4) is 0 Å². The Labute approximate surface area is 172 Å². The zero-order valence-corrected chi connectivity index (χ0v) is 16.8. The number of carbonyl (C=O) groups excluding carboxylic acids is 1. The van der Waals surface area contributed by atoms with Gasteiger partial charge in [-0.15, -0.1) is 0 Å². The van der Waals surface area contributed by atoms with Crippen LogP contribution in [0.4, 0.5) is 10.6 Å². The van der Waals surface area contributed by atoms with Crippen molar-refractivity contribution in [1.82, 2.24) is 24.8 Å². The SMILES string of the molecule is CC(C)NC(=O)OC[C@H]1OC(n2cnc3c(NC4CCOC4)ncnc32)C(O)[C@@H]1O. The van der Waals surface area contributed by atoms with Crippen LogP contribution < -0.4 is 10.6 Å². The van der Waals surface area contributed by atoms with Crippen LogP contribution in [0.2, 0.25) is 0 Å². The number of aromatic nitrogens is 4. The summed E-state index contributed by atoms with van der Waals surface area (Å²) in [6.07, 6.45) is -1.20. The zero-order chi connectivity index (χ0) is 21.3. The van der Waals surface area contributed by atoms with Crippen LogP contribution in [0.15, 0.2) is 12.7 Å². The van der Waals surface area contributed by atoms with Crippen LogP contribution in [0.1, 0.15) is 26.5 Å². The molecular weight excluding hydrogens is 396 g/mol. The number of nitrogens with zero attached hydrogens (tertiary/aromatic N) is 4. The largest absolute Gasteiger partial charge is 0.447 e. The summed E-state index contributed by atoms with van der Waals surface area (Å²) in [6.45, 7) is 4.69. The maximum absolute atomic E-state index is 11.7. The van der Waals surface area contributed by atoms with Gasteiger partial charge in [0.15, 0.2) is 23.2 Å². The van der Waals surface area contributed by atoms with Gasteiger partial charge in [0.05, 0.1) is 19.0 Å². The topological polar surface area (TPSA) is 153 Å². The maximum atomic E-state index is 11.7. The highest BCUT2D eigenvalue weighted by atomic mass is 16.6. The lowest BCUT2D eigenvalue weighted by Crippen LogP contribution is -2.37. The number of aliphatic hydroxyl groups is 2. The van der Waals surface area contributed by atoms with E-state index in [4.69, 9.17) is 14.2 Å². The number of amides is 1. The summed E-state index contributed by atoms with van der Waals surface area (Å²) in [5.74, 6) is 0.563. The number of hydrogen-bond acceptors (Lipinski definition) is 10. The van der Waals surface area contributed by atoms with E-state index in [9.17, 15) is 15.0 Å². The molecule has 2 aliphatic rings. The monoisotopic (exact) mass is 422 g/mol. The van der Waals surface area contributed by atoms with Gasteiger partial charge in [-0.1, -0.05) is 0 Å². The van der Waals surface area contributed by atoms with Crippen LogP contribution in [0.5, 0.6) is 0 Å². The van der Waals surface area contributed by atoms with Crippen LogP contribution in [0, 0.1) is 0 Å². The molecule has 0 saturated carbocycles. The number of imidazole rings is 1. The molecule has 3 unspecified atom stereocenters. The Hall–Kier alpha value is -2.54. The van der Waals surface area contributed by atoms with E-state index in [1.54, 1.807) is 13.8 Å². The molecule has 0 radical (unpaired) electrons. The first kappa shape index (κ1) is 20.7. The molecule has 4 rings (SSSR count). The molecule has 0 aliphatic carbocycles. The van der Waals surface area contributed by atoms with Crippen molar-refractivity contribution < 1.29 is 29.2 Å². The minimum atomic E-state index is -1.25. The van der Waals surface area contributed by atoms with Crippen molar-refractivity contribution in [2.45, 2.75) is 56.9 Å². The minimum Gasteiger partial charge on any atom is -0.447 e. The molecule has 4 heterocycles. The second kappa shape index (κ2) is 8.68. The number of rotatable bonds is 6. The molecule has 12 heteroatoms. The fraction of sp³-hybridized carbons (Fsp3) is 0.667. The Morgan fingerprint density at radius 3 is 2.90 bits per heavy atom. The van der Waals surface area contributed by atoms with Crippen molar-refractivity contribution in [3.63, 3.8) is 0 Å². The second-order valence-electron chi connectivity index (χ2n) is 7.69. The molecule has 2 aromatic rings. The Morgan fingerprint density at radius 1 is 1.33 bits per heavy atom. The second-order valence-corrected chi connectivity index (χ2v) is 7.69. The van der Waals surface area contributed by atoms with Gasteiger partial charge in [-0.25, -0.2) is 19.7 Å². The standard InChI is InChI=1S/C18H26N6O6/c1-9(2)22-18(27)29-6-11-13(25)14(26)17(30-11)24-8-21-12-15(19-7-20-16(12)24)23-10-3-4-28-5-10/h7-11,13-14,17,25-26H,3-6H2,1-2H3,(H,22,27)(H,19,20,23)/t10?,11-,13-,14?,17?/m1/s1. The predicted octanol–water partition coefficient (Wildman–Crippen LogP) is -0.219. The van der Waals surface area contributed by atoms with Crippen molar-refractivity contribution in [1.29, 1.82) is 0 Å². The van der Waals surface area contributed by atoms with Crippen LogP contribution in [0.25, 0.3) is 11.2 Å². The average molecular weight is 422 g/mol. The molecule has 0 spiro atoms. The number of nitrogens with one attached hydrogen (secondary N) is 2. The van der Waals surface area contributed by atoms with Crippen molar-refractivity contribution in [2.75, 3.05) is 25.1 Å². The predicted molar refractivity (Wildman–Crippen MR) is 104 cm³/mol. The molecule has 2 saturated heterocycles. The molecule has 0 bridgehead atoms. The van der Waals surface area contributed by atoms with Crippen LogP contribution >= 0.6 is 0 Å².